The Labute approximate surface area is 171 Å². The second-order valence-electron chi connectivity index (χ2n) is 8.87. The standard InChI is InChI=1S/C24H29N3O2/c1-15(2)27-14-25(3)19-12-17-18(13-20(19)27)26(4)24(28)22(16-8-5-6-9-16)23(17)21-10-7-11-29-21/h7,10-13,15-16H,5-6,8-9,14H2,1-4H3. The lowest BCUT2D eigenvalue weighted by atomic mass is 9.90. The summed E-state index contributed by atoms with van der Waals surface area (Å²) in [6, 6.07) is 8.76. The lowest BCUT2D eigenvalue weighted by Gasteiger charge is -2.24. The Balaban J connectivity index is 1.87. The van der Waals surface area contributed by atoms with Crippen LogP contribution in [0.15, 0.2) is 39.7 Å². The summed E-state index contributed by atoms with van der Waals surface area (Å²) in [6.45, 7) is 5.29. The number of aromatic nitrogens is 1. The van der Waals surface area contributed by atoms with Crippen molar-refractivity contribution in [2.24, 2.45) is 7.05 Å². The third kappa shape index (κ3) is 2.70. The van der Waals surface area contributed by atoms with E-state index < -0.39 is 0 Å². The minimum Gasteiger partial charge on any atom is -0.464 e. The number of hydrogen-bond acceptors (Lipinski definition) is 4. The zero-order chi connectivity index (χ0) is 20.3. The van der Waals surface area contributed by atoms with E-state index in [1.54, 1.807) is 6.26 Å². The van der Waals surface area contributed by atoms with Crippen LogP contribution < -0.4 is 15.4 Å². The van der Waals surface area contributed by atoms with Crippen LogP contribution in [0.4, 0.5) is 11.4 Å². The van der Waals surface area contributed by atoms with Crippen LogP contribution in [0.25, 0.3) is 22.2 Å². The molecule has 5 nitrogen and oxygen atoms in total. The maximum absolute atomic E-state index is 13.6. The molecule has 0 bridgehead atoms. The molecule has 0 spiro atoms. The highest BCUT2D eigenvalue weighted by Crippen LogP contribution is 2.45. The van der Waals surface area contributed by atoms with Crippen LogP contribution in [0.3, 0.4) is 0 Å². The van der Waals surface area contributed by atoms with Gasteiger partial charge in [-0.3, -0.25) is 4.79 Å². The van der Waals surface area contributed by atoms with Crippen LogP contribution >= 0.6 is 0 Å². The summed E-state index contributed by atoms with van der Waals surface area (Å²) >= 11 is 0. The van der Waals surface area contributed by atoms with E-state index in [0.717, 1.165) is 47.3 Å². The number of furan rings is 1. The molecule has 1 aliphatic heterocycles. The molecule has 1 aliphatic carbocycles. The van der Waals surface area contributed by atoms with Gasteiger partial charge in [0.2, 0.25) is 0 Å². The quantitative estimate of drug-likeness (QED) is 0.624. The van der Waals surface area contributed by atoms with Crippen molar-refractivity contribution in [2.45, 2.75) is 51.5 Å². The SMILES string of the molecule is CC(C)N1CN(C)c2cc3c(-c4ccco4)c(C4CCCC4)c(=O)n(C)c3cc21. The molecule has 0 saturated heterocycles. The van der Waals surface area contributed by atoms with E-state index in [1.165, 1.54) is 24.2 Å². The second kappa shape index (κ2) is 6.68. The van der Waals surface area contributed by atoms with Gasteiger partial charge in [-0.25, -0.2) is 0 Å². The van der Waals surface area contributed by atoms with Crippen LogP contribution in [-0.4, -0.2) is 24.3 Å². The second-order valence-corrected chi connectivity index (χ2v) is 8.87. The fraction of sp³-hybridized carbons (Fsp3) is 0.458. The highest BCUT2D eigenvalue weighted by atomic mass is 16.3. The fourth-order valence-corrected chi connectivity index (χ4v) is 5.22. The largest absolute Gasteiger partial charge is 0.464 e. The molecule has 2 aliphatic rings. The number of anilines is 2. The Morgan fingerprint density at radius 3 is 2.52 bits per heavy atom. The summed E-state index contributed by atoms with van der Waals surface area (Å²) in [5.41, 5.74) is 5.45. The molecular formula is C24H29N3O2. The minimum absolute atomic E-state index is 0.123. The van der Waals surface area contributed by atoms with Crippen molar-refractivity contribution in [3.63, 3.8) is 0 Å². The summed E-state index contributed by atoms with van der Waals surface area (Å²) in [7, 11) is 4.05. The highest BCUT2D eigenvalue weighted by molar-refractivity contribution is 6.01. The number of hydrogen-bond donors (Lipinski definition) is 0. The average molecular weight is 392 g/mol. The zero-order valence-corrected chi connectivity index (χ0v) is 17.7. The molecule has 5 heteroatoms. The van der Waals surface area contributed by atoms with Crippen molar-refractivity contribution < 1.29 is 4.42 Å². The molecule has 0 atom stereocenters. The van der Waals surface area contributed by atoms with Gasteiger partial charge in [0.25, 0.3) is 5.56 Å². The first kappa shape index (κ1) is 18.3. The molecule has 0 amide bonds. The summed E-state index contributed by atoms with van der Waals surface area (Å²) < 4.78 is 7.71. The van der Waals surface area contributed by atoms with Gasteiger partial charge in [0.15, 0.2) is 0 Å². The average Bonchev–Trinajstić information content (AvgIpc) is 3.45. The van der Waals surface area contributed by atoms with Crippen molar-refractivity contribution in [3.05, 3.63) is 46.4 Å². The van der Waals surface area contributed by atoms with Crippen LogP contribution in [0, 0.1) is 0 Å². The number of pyridine rings is 1. The van der Waals surface area contributed by atoms with Crippen LogP contribution in [0.1, 0.15) is 51.0 Å². The third-order valence-corrected chi connectivity index (χ3v) is 6.77. The van der Waals surface area contributed by atoms with Crippen molar-refractivity contribution in [1.29, 1.82) is 0 Å². The molecule has 0 unspecified atom stereocenters. The minimum atomic E-state index is 0.123. The van der Waals surface area contributed by atoms with Crippen molar-refractivity contribution in [2.75, 3.05) is 23.5 Å². The molecular weight excluding hydrogens is 362 g/mol. The van der Waals surface area contributed by atoms with E-state index in [9.17, 15) is 4.79 Å². The van der Waals surface area contributed by atoms with E-state index in [1.807, 2.05) is 23.7 Å². The molecule has 2 aromatic heterocycles. The van der Waals surface area contributed by atoms with Gasteiger partial charge < -0.3 is 18.8 Å². The maximum Gasteiger partial charge on any atom is 0.255 e. The van der Waals surface area contributed by atoms with Crippen molar-refractivity contribution in [1.82, 2.24) is 4.57 Å². The highest BCUT2D eigenvalue weighted by Gasteiger charge is 2.31. The summed E-state index contributed by atoms with van der Waals surface area (Å²) in [5, 5.41) is 1.11. The topological polar surface area (TPSA) is 41.6 Å². The molecule has 152 valence electrons. The van der Waals surface area contributed by atoms with Crippen LogP contribution in [-0.2, 0) is 7.05 Å². The summed E-state index contributed by atoms with van der Waals surface area (Å²) in [6.07, 6.45) is 6.26. The Hall–Kier alpha value is -2.69. The Morgan fingerprint density at radius 1 is 1.10 bits per heavy atom. The predicted molar refractivity (Wildman–Crippen MR) is 119 cm³/mol. The molecule has 29 heavy (non-hydrogen) atoms. The van der Waals surface area contributed by atoms with E-state index in [-0.39, 0.29) is 5.56 Å². The third-order valence-electron chi connectivity index (χ3n) is 6.77. The lowest BCUT2D eigenvalue weighted by Crippen LogP contribution is -2.33. The van der Waals surface area contributed by atoms with Crippen LogP contribution in [0.5, 0.6) is 0 Å². The lowest BCUT2D eigenvalue weighted by molar-refractivity contribution is 0.579. The van der Waals surface area contributed by atoms with Gasteiger partial charge >= 0.3 is 0 Å². The van der Waals surface area contributed by atoms with Gasteiger partial charge in [0, 0.05) is 36.7 Å². The molecule has 3 heterocycles. The van der Waals surface area contributed by atoms with E-state index in [0.29, 0.717) is 12.0 Å². The number of aryl methyl sites for hydroxylation is 1. The Kier molecular flexibility index (Phi) is 4.23. The molecule has 5 rings (SSSR count). The maximum atomic E-state index is 13.6. The van der Waals surface area contributed by atoms with Gasteiger partial charge in [-0.1, -0.05) is 12.8 Å². The van der Waals surface area contributed by atoms with E-state index in [4.69, 9.17) is 4.42 Å². The number of rotatable bonds is 3. The molecule has 0 radical (unpaired) electrons. The number of fused-ring (bicyclic) bond motifs is 2. The van der Waals surface area contributed by atoms with Gasteiger partial charge in [-0.15, -0.1) is 0 Å². The molecule has 3 aromatic rings. The first-order chi connectivity index (χ1) is 14.0. The molecule has 1 fully saturated rings. The normalized spacial score (nSPS) is 17.1. The summed E-state index contributed by atoms with van der Waals surface area (Å²) in [5.74, 6) is 1.12. The monoisotopic (exact) mass is 391 g/mol. The Morgan fingerprint density at radius 2 is 1.86 bits per heavy atom. The molecule has 0 N–H and O–H groups in total. The van der Waals surface area contributed by atoms with Crippen molar-refractivity contribution >= 4 is 22.3 Å². The van der Waals surface area contributed by atoms with Gasteiger partial charge in [-0.2, -0.15) is 0 Å². The van der Waals surface area contributed by atoms with Gasteiger partial charge in [-0.05, 0) is 56.9 Å². The zero-order valence-electron chi connectivity index (χ0n) is 17.7. The molecule has 1 aromatic carbocycles. The first-order valence-electron chi connectivity index (χ1n) is 10.7. The van der Waals surface area contributed by atoms with E-state index in [2.05, 4.69) is 42.8 Å². The summed E-state index contributed by atoms with van der Waals surface area (Å²) in [4.78, 5) is 18.2. The number of nitrogens with zero attached hydrogens (tertiary/aromatic N) is 3. The molecule has 1 saturated carbocycles. The van der Waals surface area contributed by atoms with Crippen LogP contribution in [0.2, 0.25) is 0 Å². The smallest absolute Gasteiger partial charge is 0.255 e. The van der Waals surface area contributed by atoms with E-state index >= 15 is 0 Å². The predicted octanol–water partition coefficient (Wildman–Crippen LogP) is 5.08. The Bertz CT molecular complexity index is 1120. The number of benzene rings is 1. The van der Waals surface area contributed by atoms with Crippen molar-refractivity contribution in [3.8, 4) is 11.3 Å². The van der Waals surface area contributed by atoms with Gasteiger partial charge in [0.05, 0.1) is 29.8 Å². The first-order valence-corrected chi connectivity index (χ1v) is 10.7. The fourth-order valence-electron chi connectivity index (χ4n) is 5.22. The van der Waals surface area contributed by atoms with Gasteiger partial charge in [0.1, 0.15) is 5.76 Å².